The van der Waals surface area contributed by atoms with Crippen LogP contribution < -0.4 is 0 Å². The molecule has 0 atom stereocenters. The first-order chi connectivity index (χ1) is 11.5. The average molecular weight is 328 g/mol. The molecule has 1 fully saturated rings. The quantitative estimate of drug-likeness (QED) is 0.613. The molecule has 0 unspecified atom stereocenters. The monoisotopic (exact) mass is 328 g/mol. The average Bonchev–Trinajstić information content (AvgIpc) is 2.60. The minimum absolute atomic E-state index is 0.500. The molecule has 0 N–H and O–H groups in total. The molecule has 1 aliphatic rings. The van der Waals surface area contributed by atoms with Crippen LogP contribution in [0.25, 0.3) is 0 Å². The van der Waals surface area contributed by atoms with Gasteiger partial charge in [0.25, 0.3) is 0 Å². The van der Waals surface area contributed by atoms with Crippen molar-refractivity contribution in [3.8, 4) is 0 Å². The van der Waals surface area contributed by atoms with Crippen molar-refractivity contribution in [2.75, 3.05) is 0 Å². The molecule has 128 valence electrons. The first kappa shape index (κ1) is 17.1. The zero-order valence-corrected chi connectivity index (χ0v) is 14.6. The van der Waals surface area contributed by atoms with E-state index in [9.17, 15) is 8.78 Å². The Hall–Kier alpha value is -1.70. The second-order valence-electron chi connectivity index (χ2n) is 7.36. The van der Waals surface area contributed by atoms with E-state index in [0.29, 0.717) is 17.9 Å². The SMILES string of the molecule is Cc1ccc(F)c(F)c1CCc1ccc(C2CCC(C)CC2)cc1. The van der Waals surface area contributed by atoms with E-state index in [-0.39, 0.29) is 0 Å². The van der Waals surface area contributed by atoms with Crippen LogP contribution >= 0.6 is 0 Å². The van der Waals surface area contributed by atoms with Crippen LogP contribution in [0.1, 0.15) is 60.8 Å². The third-order valence-electron chi connectivity index (χ3n) is 5.56. The van der Waals surface area contributed by atoms with E-state index in [1.54, 1.807) is 6.07 Å². The summed E-state index contributed by atoms with van der Waals surface area (Å²) < 4.78 is 27.3. The van der Waals surface area contributed by atoms with Crippen LogP contribution in [0.5, 0.6) is 0 Å². The minimum atomic E-state index is -0.752. The van der Waals surface area contributed by atoms with Crippen LogP contribution in [0.4, 0.5) is 8.78 Å². The highest BCUT2D eigenvalue weighted by molar-refractivity contribution is 5.31. The topological polar surface area (TPSA) is 0 Å². The third kappa shape index (κ3) is 3.85. The van der Waals surface area contributed by atoms with Crippen molar-refractivity contribution >= 4 is 0 Å². The molecular formula is C22H26F2. The summed E-state index contributed by atoms with van der Waals surface area (Å²) in [5, 5.41) is 0. The van der Waals surface area contributed by atoms with Gasteiger partial charge in [-0.05, 0) is 72.8 Å². The maximum Gasteiger partial charge on any atom is 0.162 e. The van der Waals surface area contributed by atoms with Gasteiger partial charge >= 0.3 is 0 Å². The fourth-order valence-corrected chi connectivity index (χ4v) is 3.82. The Labute approximate surface area is 143 Å². The lowest BCUT2D eigenvalue weighted by Gasteiger charge is -2.26. The Morgan fingerprint density at radius 1 is 0.875 bits per heavy atom. The van der Waals surface area contributed by atoms with Crippen molar-refractivity contribution in [2.45, 2.75) is 58.3 Å². The number of halogens is 2. The normalized spacial score (nSPS) is 21.0. The van der Waals surface area contributed by atoms with Gasteiger partial charge in [0.1, 0.15) is 0 Å². The van der Waals surface area contributed by atoms with Gasteiger partial charge in [-0.25, -0.2) is 8.78 Å². The van der Waals surface area contributed by atoms with E-state index in [0.717, 1.165) is 17.9 Å². The second-order valence-corrected chi connectivity index (χ2v) is 7.36. The number of benzene rings is 2. The molecule has 2 aromatic rings. The molecule has 2 heteroatoms. The summed E-state index contributed by atoms with van der Waals surface area (Å²) in [6.45, 7) is 4.18. The molecule has 24 heavy (non-hydrogen) atoms. The predicted molar refractivity (Wildman–Crippen MR) is 95.3 cm³/mol. The maximum absolute atomic E-state index is 13.9. The van der Waals surface area contributed by atoms with Crippen molar-refractivity contribution in [3.05, 3.63) is 70.3 Å². The van der Waals surface area contributed by atoms with Gasteiger partial charge < -0.3 is 0 Å². The molecule has 2 aromatic carbocycles. The van der Waals surface area contributed by atoms with Crippen LogP contribution in [0, 0.1) is 24.5 Å². The van der Waals surface area contributed by atoms with Crippen molar-refractivity contribution in [3.63, 3.8) is 0 Å². The number of aryl methyl sites for hydroxylation is 2. The molecule has 0 spiro atoms. The molecular weight excluding hydrogens is 302 g/mol. The number of rotatable bonds is 4. The van der Waals surface area contributed by atoms with Gasteiger partial charge in [0.2, 0.25) is 0 Å². The van der Waals surface area contributed by atoms with Crippen LogP contribution in [0.3, 0.4) is 0 Å². The van der Waals surface area contributed by atoms with E-state index in [1.165, 1.54) is 42.9 Å². The predicted octanol–water partition coefficient (Wildman–Crippen LogP) is 6.35. The lowest BCUT2D eigenvalue weighted by molar-refractivity contribution is 0.348. The molecule has 0 nitrogen and oxygen atoms in total. The third-order valence-corrected chi connectivity index (χ3v) is 5.56. The molecule has 0 aromatic heterocycles. The lowest BCUT2D eigenvalue weighted by Crippen LogP contribution is -2.10. The zero-order valence-electron chi connectivity index (χ0n) is 14.6. The molecule has 0 aliphatic heterocycles. The van der Waals surface area contributed by atoms with Crippen LogP contribution in [0.15, 0.2) is 36.4 Å². The zero-order chi connectivity index (χ0) is 17.1. The van der Waals surface area contributed by atoms with Gasteiger partial charge in [-0.15, -0.1) is 0 Å². The van der Waals surface area contributed by atoms with Gasteiger partial charge in [0, 0.05) is 0 Å². The number of hydrogen-bond donors (Lipinski definition) is 0. The van der Waals surface area contributed by atoms with Crippen LogP contribution in [0.2, 0.25) is 0 Å². The highest BCUT2D eigenvalue weighted by Crippen LogP contribution is 2.35. The molecule has 1 saturated carbocycles. The second kappa shape index (κ2) is 7.46. The molecule has 0 heterocycles. The Kier molecular flexibility index (Phi) is 5.33. The Bertz CT molecular complexity index is 680. The molecule has 0 amide bonds. The van der Waals surface area contributed by atoms with Gasteiger partial charge in [-0.1, -0.05) is 50.1 Å². The molecule has 3 rings (SSSR count). The van der Waals surface area contributed by atoms with Crippen molar-refractivity contribution in [1.82, 2.24) is 0 Å². The van der Waals surface area contributed by atoms with E-state index < -0.39 is 11.6 Å². The van der Waals surface area contributed by atoms with Gasteiger partial charge in [0.15, 0.2) is 11.6 Å². The summed E-state index contributed by atoms with van der Waals surface area (Å²) >= 11 is 0. The van der Waals surface area contributed by atoms with E-state index in [2.05, 4.69) is 31.2 Å². The van der Waals surface area contributed by atoms with Gasteiger partial charge in [-0.3, -0.25) is 0 Å². The minimum Gasteiger partial charge on any atom is -0.204 e. The summed E-state index contributed by atoms with van der Waals surface area (Å²) in [5.74, 6) is 0.114. The summed E-state index contributed by atoms with van der Waals surface area (Å²) in [4.78, 5) is 0. The first-order valence-electron chi connectivity index (χ1n) is 9.07. The molecule has 1 aliphatic carbocycles. The highest BCUT2D eigenvalue weighted by Gasteiger charge is 2.19. The summed E-state index contributed by atoms with van der Waals surface area (Å²) in [6, 6.07) is 11.6. The Balaban J connectivity index is 1.64. The largest absolute Gasteiger partial charge is 0.204 e. The van der Waals surface area contributed by atoms with E-state index in [4.69, 9.17) is 0 Å². The van der Waals surface area contributed by atoms with E-state index >= 15 is 0 Å². The van der Waals surface area contributed by atoms with Crippen molar-refractivity contribution < 1.29 is 8.78 Å². The van der Waals surface area contributed by atoms with E-state index in [1.807, 2.05) is 6.92 Å². The fraction of sp³-hybridized carbons (Fsp3) is 0.455. The lowest BCUT2D eigenvalue weighted by atomic mass is 9.79. The smallest absolute Gasteiger partial charge is 0.162 e. The Morgan fingerprint density at radius 2 is 1.54 bits per heavy atom. The van der Waals surface area contributed by atoms with Crippen LogP contribution in [-0.4, -0.2) is 0 Å². The highest BCUT2D eigenvalue weighted by atomic mass is 19.2. The fourth-order valence-electron chi connectivity index (χ4n) is 3.82. The first-order valence-corrected chi connectivity index (χ1v) is 9.07. The standard InChI is InChI=1S/C22H26F2/c1-15-3-9-18(10-4-15)19-11-6-17(7-12-19)8-13-20-16(2)5-14-21(23)22(20)24/h5-7,11-12,14-15,18H,3-4,8-10,13H2,1-2H3. The van der Waals surface area contributed by atoms with Gasteiger partial charge in [0.05, 0.1) is 0 Å². The molecule has 0 saturated heterocycles. The summed E-state index contributed by atoms with van der Waals surface area (Å²) in [6.07, 6.45) is 6.50. The Morgan fingerprint density at radius 3 is 2.21 bits per heavy atom. The summed E-state index contributed by atoms with van der Waals surface area (Å²) in [5.41, 5.74) is 3.94. The van der Waals surface area contributed by atoms with Crippen LogP contribution in [-0.2, 0) is 12.8 Å². The molecule has 0 bridgehead atoms. The number of hydrogen-bond acceptors (Lipinski definition) is 0. The maximum atomic E-state index is 13.9. The van der Waals surface area contributed by atoms with Crippen molar-refractivity contribution in [1.29, 1.82) is 0 Å². The molecule has 0 radical (unpaired) electrons. The van der Waals surface area contributed by atoms with Crippen molar-refractivity contribution in [2.24, 2.45) is 5.92 Å². The summed E-state index contributed by atoms with van der Waals surface area (Å²) in [7, 11) is 0. The van der Waals surface area contributed by atoms with Gasteiger partial charge in [-0.2, -0.15) is 0 Å².